The van der Waals surface area contributed by atoms with Gasteiger partial charge in [-0.15, -0.1) is 10.6 Å². The third kappa shape index (κ3) is 5.46. The van der Waals surface area contributed by atoms with E-state index in [4.69, 9.17) is 0 Å². The molecule has 0 fully saturated rings. The quantitative estimate of drug-likeness (QED) is 0.368. The fourth-order valence-electron chi connectivity index (χ4n) is 3.10. The van der Waals surface area contributed by atoms with E-state index in [1.54, 1.807) is 12.1 Å². The highest BCUT2D eigenvalue weighted by Gasteiger charge is 2.16. The van der Waals surface area contributed by atoms with E-state index in [1.165, 1.54) is 24.5 Å². The molecule has 4 rings (SSSR count). The summed E-state index contributed by atoms with van der Waals surface area (Å²) in [5.74, 6) is -0.593. The summed E-state index contributed by atoms with van der Waals surface area (Å²) in [5, 5.41) is 9.59. The van der Waals surface area contributed by atoms with E-state index in [0.717, 1.165) is 16.7 Å². The molecule has 0 radical (unpaired) electrons. The van der Waals surface area contributed by atoms with Crippen molar-refractivity contribution in [2.75, 3.05) is 0 Å². The van der Waals surface area contributed by atoms with E-state index >= 15 is 0 Å². The highest BCUT2D eigenvalue weighted by Crippen LogP contribution is 2.15. The Labute approximate surface area is 188 Å². The van der Waals surface area contributed by atoms with Gasteiger partial charge in [-0.1, -0.05) is 36.4 Å². The minimum atomic E-state index is -0.466. The van der Waals surface area contributed by atoms with Crippen molar-refractivity contribution in [3.63, 3.8) is 0 Å². The third-order valence-corrected chi connectivity index (χ3v) is 4.93. The molecular weight excluding hydrogens is 427 g/mol. The Kier molecular flexibility index (Phi) is 6.51. The van der Waals surface area contributed by atoms with Crippen molar-refractivity contribution in [3.05, 3.63) is 94.8 Å². The largest absolute Gasteiger partial charge is 0.347 e. The molecule has 0 saturated heterocycles. The standard InChI is InChI=1S/C22H21FN8O2/c1-13(15-4-6-16(7-5-15)20-28-30-31-29-20)27-22(33)19-10-18(25-12-26-19)21(32)24-11-14-2-8-17(23)9-3-14/h2-10,12-13,30-31H,11H2,1H3,(H,24,32)(H,27,33)(H,28,29)/t13-/m0/s1. The molecule has 1 aliphatic heterocycles. The van der Waals surface area contributed by atoms with Gasteiger partial charge in [0, 0.05) is 18.2 Å². The first-order valence-electron chi connectivity index (χ1n) is 10.1. The van der Waals surface area contributed by atoms with Crippen LogP contribution >= 0.6 is 0 Å². The molecule has 0 saturated carbocycles. The van der Waals surface area contributed by atoms with Gasteiger partial charge >= 0.3 is 0 Å². The van der Waals surface area contributed by atoms with Gasteiger partial charge in [-0.05, 0) is 30.2 Å². The molecule has 33 heavy (non-hydrogen) atoms. The van der Waals surface area contributed by atoms with Crippen LogP contribution in [0.3, 0.4) is 0 Å². The second-order valence-electron chi connectivity index (χ2n) is 7.24. The number of hydrogen-bond acceptors (Lipinski definition) is 8. The molecule has 0 bridgehead atoms. The van der Waals surface area contributed by atoms with E-state index < -0.39 is 11.8 Å². The van der Waals surface area contributed by atoms with Crippen molar-refractivity contribution in [1.29, 1.82) is 0 Å². The number of amidine groups is 1. The molecule has 2 amide bonds. The Morgan fingerprint density at radius 2 is 1.70 bits per heavy atom. The molecule has 2 aromatic carbocycles. The molecular formula is C22H21FN8O2. The highest BCUT2D eigenvalue weighted by molar-refractivity contribution is 5.99. The average molecular weight is 448 g/mol. The Balaban J connectivity index is 1.36. The number of carbonyl (C=O) groups excluding carboxylic acids is 2. The molecule has 168 valence electrons. The number of hydrazine groups is 2. The van der Waals surface area contributed by atoms with Crippen molar-refractivity contribution >= 4 is 17.6 Å². The van der Waals surface area contributed by atoms with Crippen LogP contribution in [0.1, 0.15) is 50.6 Å². The Morgan fingerprint density at radius 3 is 2.36 bits per heavy atom. The lowest BCUT2D eigenvalue weighted by atomic mass is 10.1. The number of aromatic nitrogens is 2. The van der Waals surface area contributed by atoms with E-state index in [9.17, 15) is 14.0 Å². The van der Waals surface area contributed by atoms with Crippen LogP contribution in [0.25, 0.3) is 0 Å². The van der Waals surface area contributed by atoms with E-state index in [2.05, 4.69) is 42.2 Å². The predicted octanol–water partition coefficient (Wildman–Crippen LogP) is 1.31. The molecule has 5 N–H and O–H groups in total. The highest BCUT2D eigenvalue weighted by atomic mass is 19.1. The number of carbonyl (C=O) groups is 2. The van der Waals surface area contributed by atoms with E-state index in [0.29, 0.717) is 5.84 Å². The summed E-state index contributed by atoms with van der Waals surface area (Å²) >= 11 is 0. The van der Waals surface area contributed by atoms with Crippen molar-refractivity contribution in [2.45, 2.75) is 19.5 Å². The normalized spacial score (nSPS) is 13.3. The Morgan fingerprint density at radius 1 is 1.00 bits per heavy atom. The summed E-state index contributed by atoms with van der Waals surface area (Å²) in [5.41, 5.74) is 10.8. The minimum Gasteiger partial charge on any atom is -0.347 e. The summed E-state index contributed by atoms with van der Waals surface area (Å²) in [4.78, 5) is 33.0. The molecule has 1 aliphatic rings. The van der Waals surface area contributed by atoms with Gasteiger partial charge in [-0.2, -0.15) is 0 Å². The maximum atomic E-state index is 13.0. The lowest BCUT2D eigenvalue weighted by Crippen LogP contribution is -2.35. The van der Waals surface area contributed by atoms with Crippen LogP contribution in [-0.4, -0.2) is 27.6 Å². The monoisotopic (exact) mass is 448 g/mol. The van der Waals surface area contributed by atoms with Gasteiger partial charge < -0.3 is 10.6 Å². The van der Waals surface area contributed by atoms with Gasteiger partial charge in [0.15, 0.2) is 5.84 Å². The van der Waals surface area contributed by atoms with E-state index in [1.807, 2.05) is 31.2 Å². The van der Waals surface area contributed by atoms with Gasteiger partial charge in [-0.25, -0.2) is 19.9 Å². The lowest BCUT2D eigenvalue weighted by Gasteiger charge is -2.15. The Bertz CT molecular complexity index is 1180. The molecule has 0 unspecified atom stereocenters. The SMILES string of the molecule is C[C@H](NC(=O)c1cc(C(=O)NCc2ccc(F)cc2)ncn1)c1ccc(C2=NNNN2)cc1. The fourth-order valence-corrected chi connectivity index (χ4v) is 3.10. The molecule has 10 nitrogen and oxygen atoms in total. The summed E-state index contributed by atoms with van der Waals surface area (Å²) < 4.78 is 13.0. The molecule has 1 aromatic heterocycles. The summed E-state index contributed by atoms with van der Waals surface area (Å²) in [6, 6.07) is 14.4. The number of nitrogens with zero attached hydrogens (tertiary/aromatic N) is 3. The van der Waals surface area contributed by atoms with Gasteiger partial charge in [0.25, 0.3) is 11.8 Å². The third-order valence-electron chi connectivity index (χ3n) is 4.93. The second kappa shape index (κ2) is 9.83. The number of nitrogens with one attached hydrogen (secondary N) is 5. The molecule has 0 spiro atoms. The number of halogens is 1. The van der Waals surface area contributed by atoms with Crippen molar-refractivity contribution < 1.29 is 14.0 Å². The first-order chi connectivity index (χ1) is 16.0. The van der Waals surface area contributed by atoms with Gasteiger partial charge in [0.2, 0.25) is 0 Å². The lowest BCUT2D eigenvalue weighted by molar-refractivity contribution is 0.0934. The van der Waals surface area contributed by atoms with Gasteiger partial charge in [0.1, 0.15) is 23.5 Å². The number of benzene rings is 2. The van der Waals surface area contributed by atoms with Crippen LogP contribution in [-0.2, 0) is 6.54 Å². The first kappa shape index (κ1) is 21.8. The van der Waals surface area contributed by atoms with Crippen molar-refractivity contribution in [3.8, 4) is 0 Å². The number of hydrazone groups is 1. The van der Waals surface area contributed by atoms with Crippen molar-refractivity contribution in [2.24, 2.45) is 5.10 Å². The van der Waals surface area contributed by atoms with Crippen LogP contribution in [0.2, 0.25) is 0 Å². The number of rotatable bonds is 7. The van der Waals surface area contributed by atoms with Gasteiger partial charge in [-0.3, -0.25) is 15.0 Å². The zero-order chi connectivity index (χ0) is 23.2. The minimum absolute atomic E-state index is 0.0568. The average Bonchev–Trinajstić information content (AvgIpc) is 3.39. The molecule has 0 aliphatic carbocycles. The van der Waals surface area contributed by atoms with Crippen LogP contribution < -0.4 is 27.1 Å². The predicted molar refractivity (Wildman–Crippen MR) is 118 cm³/mol. The molecule has 1 atom stereocenters. The summed E-state index contributed by atoms with van der Waals surface area (Å²) in [7, 11) is 0. The van der Waals surface area contributed by atoms with Crippen LogP contribution in [0.15, 0.2) is 66.0 Å². The summed E-state index contributed by atoms with van der Waals surface area (Å²) in [6.45, 7) is 2.05. The zero-order valence-electron chi connectivity index (χ0n) is 17.6. The van der Waals surface area contributed by atoms with Crippen LogP contribution in [0.4, 0.5) is 4.39 Å². The number of hydrogen-bond donors (Lipinski definition) is 5. The second-order valence-corrected chi connectivity index (χ2v) is 7.24. The molecule has 3 aromatic rings. The Hall–Kier alpha value is -4.38. The fraction of sp³-hybridized carbons (Fsp3) is 0.136. The molecule has 2 heterocycles. The van der Waals surface area contributed by atoms with Crippen LogP contribution in [0, 0.1) is 5.82 Å². The first-order valence-corrected chi connectivity index (χ1v) is 10.1. The number of amides is 2. The van der Waals surface area contributed by atoms with Crippen molar-refractivity contribution in [1.82, 2.24) is 37.1 Å². The zero-order valence-corrected chi connectivity index (χ0v) is 17.6. The topological polar surface area (TPSA) is 132 Å². The smallest absolute Gasteiger partial charge is 0.270 e. The maximum absolute atomic E-state index is 13.0. The maximum Gasteiger partial charge on any atom is 0.270 e. The molecule has 11 heteroatoms. The van der Waals surface area contributed by atoms with Crippen LogP contribution in [0.5, 0.6) is 0 Å². The van der Waals surface area contributed by atoms with E-state index in [-0.39, 0.29) is 29.8 Å². The summed E-state index contributed by atoms with van der Waals surface area (Å²) in [6.07, 6.45) is 1.17. The van der Waals surface area contributed by atoms with Gasteiger partial charge in [0.05, 0.1) is 6.04 Å².